The molecule has 0 aromatic heterocycles. The maximum Gasteiger partial charge on any atom is 0.274 e. The summed E-state index contributed by atoms with van der Waals surface area (Å²) >= 11 is 0.546. The highest BCUT2D eigenvalue weighted by Crippen LogP contribution is 2.12. The smallest absolute Gasteiger partial charge is 0.274 e. The highest BCUT2D eigenvalue weighted by molar-refractivity contribution is 8.34. The molecule has 4 heteroatoms. The van der Waals surface area contributed by atoms with Crippen LogP contribution in [0.2, 0.25) is 0 Å². The molecule has 0 aliphatic heterocycles. The van der Waals surface area contributed by atoms with Crippen molar-refractivity contribution < 1.29 is 4.55 Å². The Bertz CT molecular complexity index is 157. The minimum Gasteiger partial charge on any atom is -0.610 e. The molecule has 0 amide bonds. The van der Waals surface area contributed by atoms with E-state index in [9.17, 15) is 4.55 Å². The summed E-state index contributed by atoms with van der Waals surface area (Å²) in [6, 6.07) is 0.261. The molecule has 12 heavy (non-hydrogen) atoms. The van der Waals surface area contributed by atoms with Gasteiger partial charge in [0.2, 0.25) is 0 Å². The SMILES string of the molecule is CS/C(=N\C(C)C(C)C)[S+](C)[O-]. The first kappa shape index (κ1) is 12.3. The molecule has 0 aromatic carbocycles. The van der Waals surface area contributed by atoms with E-state index in [-0.39, 0.29) is 6.04 Å². The molecule has 0 aliphatic carbocycles. The van der Waals surface area contributed by atoms with Gasteiger partial charge in [-0.3, -0.25) is 0 Å². The second-order valence-corrected chi connectivity index (χ2v) is 5.39. The second kappa shape index (κ2) is 5.89. The van der Waals surface area contributed by atoms with Gasteiger partial charge in [0.05, 0.1) is 6.04 Å². The molecular weight excluding hydrogens is 190 g/mol. The van der Waals surface area contributed by atoms with Crippen LogP contribution in [-0.4, -0.2) is 27.5 Å². The van der Waals surface area contributed by atoms with Crippen LogP contribution in [0.3, 0.4) is 0 Å². The van der Waals surface area contributed by atoms with Gasteiger partial charge in [-0.2, -0.15) is 0 Å². The maximum absolute atomic E-state index is 11.1. The minimum absolute atomic E-state index is 0.261. The van der Waals surface area contributed by atoms with Crippen molar-refractivity contribution in [3.63, 3.8) is 0 Å². The zero-order valence-electron chi connectivity index (χ0n) is 8.33. The standard InChI is InChI=1S/C8H17NOS2/c1-6(2)7(3)9-8(11-4)12(5)10/h6-7H,1-5H3/b9-8+. The van der Waals surface area contributed by atoms with Crippen LogP contribution in [-0.2, 0) is 11.2 Å². The van der Waals surface area contributed by atoms with Crippen LogP contribution in [0, 0.1) is 5.92 Å². The second-order valence-electron chi connectivity index (χ2n) is 3.04. The van der Waals surface area contributed by atoms with Crippen molar-refractivity contribution in [3.8, 4) is 0 Å². The molecule has 0 fully saturated rings. The molecule has 0 aromatic rings. The largest absolute Gasteiger partial charge is 0.610 e. The van der Waals surface area contributed by atoms with Gasteiger partial charge in [-0.1, -0.05) is 25.6 Å². The molecule has 0 bridgehead atoms. The van der Waals surface area contributed by atoms with Crippen molar-refractivity contribution in [1.82, 2.24) is 0 Å². The quantitative estimate of drug-likeness (QED) is 0.395. The fourth-order valence-corrected chi connectivity index (χ4v) is 2.08. The number of hydrogen-bond acceptors (Lipinski definition) is 3. The Morgan fingerprint density at radius 1 is 1.42 bits per heavy atom. The zero-order chi connectivity index (χ0) is 9.72. The van der Waals surface area contributed by atoms with Gasteiger partial charge in [0, 0.05) is 11.2 Å². The van der Waals surface area contributed by atoms with E-state index in [1.807, 2.05) is 13.2 Å². The molecule has 2 atom stereocenters. The molecule has 0 heterocycles. The molecule has 0 rings (SSSR count). The van der Waals surface area contributed by atoms with E-state index in [4.69, 9.17) is 0 Å². The number of rotatable bonds is 2. The van der Waals surface area contributed by atoms with Gasteiger partial charge >= 0.3 is 0 Å². The van der Waals surface area contributed by atoms with Gasteiger partial charge in [0.1, 0.15) is 6.26 Å². The molecule has 0 spiro atoms. The molecule has 2 nitrogen and oxygen atoms in total. The van der Waals surface area contributed by atoms with Crippen LogP contribution in [0.5, 0.6) is 0 Å². The average molecular weight is 207 g/mol. The number of thioether (sulfide) groups is 1. The number of nitrogens with zero attached hydrogens (tertiary/aromatic N) is 1. The fraction of sp³-hybridized carbons (Fsp3) is 0.875. The maximum atomic E-state index is 11.1. The van der Waals surface area contributed by atoms with E-state index in [1.165, 1.54) is 11.8 Å². The molecule has 72 valence electrons. The Labute approximate surface area is 82.4 Å². The lowest BCUT2D eigenvalue weighted by Crippen LogP contribution is -2.15. The third kappa shape index (κ3) is 4.38. The van der Waals surface area contributed by atoms with Crippen molar-refractivity contribution in [1.29, 1.82) is 0 Å². The van der Waals surface area contributed by atoms with Crippen LogP contribution in [0.15, 0.2) is 4.99 Å². The Kier molecular flexibility index (Phi) is 6.05. The van der Waals surface area contributed by atoms with Gasteiger partial charge in [-0.25, -0.2) is 4.99 Å². The van der Waals surface area contributed by atoms with Crippen LogP contribution in [0.1, 0.15) is 20.8 Å². The lowest BCUT2D eigenvalue weighted by atomic mass is 10.1. The van der Waals surface area contributed by atoms with Crippen molar-refractivity contribution in [3.05, 3.63) is 0 Å². The monoisotopic (exact) mass is 207 g/mol. The molecule has 0 saturated carbocycles. The van der Waals surface area contributed by atoms with E-state index in [2.05, 4.69) is 18.8 Å². The topological polar surface area (TPSA) is 35.4 Å². The van der Waals surface area contributed by atoms with Gasteiger partial charge < -0.3 is 4.55 Å². The van der Waals surface area contributed by atoms with Crippen LogP contribution in [0.4, 0.5) is 0 Å². The summed E-state index contributed by atoms with van der Waals surface area (Å²) in [4.78, 5) is 4.37. The van der Waals surface area contributed by atoms with Gasteiger partial charge in [0.15, 0.2) is 0 Å². The van der Waals surface area contributed by atoms with Gasteiger partial charge in [0.25, 0.3) is 4.38 Å². The van der Waals surface area contributed by atoms with Crippen LogP contribution >= 0.6 is 11.8 Å². The Hall–Kier alpha value is 0.330. The highest BCUT2D eigenvalue weighted by atomic mass is 32.3. The van der Waals surface area contributed by atoms with E-state index < -0.39 is 11.2 Å². The molecule has 0 N–H and O–H groups in total. The Balaban J connectivity index is 4.27. The minimum atomic E-state index is -0.928. The molecule has 0 radical (unpaired) electrons. The van der Waals surface area contributed by atoms with Crippen molar-refractivity contribution >= 4 is 27.3 Å². The summed E-state index contributed by atoms with van der Waals surface area (Å²) in [5.41, 5.74) is 0. The van der Waals surface area contributed by atoms with Crippen molar-refractivity contribution in [2.75, 3.05) is 12.5 Å². The first-order valence-corrected chi connectivity index (χ1v) is 6.72. The number of hydrogen-bond donors (Lipinski definition) is 0. The first-order valence-electron chi connectivity index (χ1n) is 3.94. The molecule has 0 saturated heterocycles. The van der Waals surface area contributed by atoms with Gasteiger partial charge in [-0.15, -0.1) is 0 Å². The highest BCUT2D eigenvalue weighted by Gasteiger charge is 2.13. The Morgan fingerprint density at radius 2 is 1.92 bits per heavy atom. The third-order valence-corrected chi connectivity index (χ3v) is 3.95. The number of aliphatic imine (C=N–C) groups is 1. The predicted octanol–water partition coefficient (Wildman–Crippen LogP) is 2.13. The van der Waals surface area contributed by atoms with E-state index in [0.29, 0.717) is 5.92 Å². The predicted molar refractivity (Wildman–Crippen MR) is 59.3 cm³/mol. The third-order valence-electron chi connectivity index (χ3n) is 1.69. The summed E-state index contributed by atoms with van der Waals surface area (Å²) in [5.74, 6) is 0.510. The van der Waals surface area contributed by atoms with Crippen molar-refractivity contribution in [2.24, 2.45) is 10.9 Å². The fourth-order valence-electron chi connectivity index (χ4n) is 0.560. The van der Waals surface area contributed by atoms with Crippen LogP contribution in [0.25, 0.3) is 0 Å². The first-order chi connectivity index (χ1) is 5.49. The van der Waals surface area contributed by atoms with Gasteiger partial charge in [-0.05, 0) is 19.1 Å². The molecule has 0 aliphatic rings. The summed E-state index contributed by atoms with van der Waals surface area (Å²) in [6.07, 6.45) is 3.58. The molecular formula is C8H17NOS2. The van der Waals surface area contributed by atoms with E-state index >= 15 is 0 Å². The summed E-state index contributed by atoms with van der Waals surface area (Å²) < 4.78 is 11.8. The Morgan fingerprint density at radius 3 is 2.17 bits per heavy atom. The van der Waals surface area contributed by atoms with Crippen molar-refractivity contribution in [2.45, 2.75) is 26.8 Å². The summed E-state index contributed by atoms with van der Waals surface area (Å²) in [7, 11) is 0. The summed E-state index contributed by atoms with van der Waals surface area (Å²) in [6.45, 7) is 6.28. The van der Waals surface area contributed by atoms with E-state index in [1.54, 1.807) is 6.26 Å². The molecule has 2 unspecified atom stereocenters. The zero-order valence-corrected chi connectivity index (χ0v) is 9.96. The lowest BCUT2D eigenvalue weighted by molar-refractivity contribution is 0.532. The normalized spacial score (nSPS) is 18.1. The van der Waals surface area contributed by atoms with Crippen LogP contribution < -0.4 is 0 Å². The lowest BCUT2D eigenvalue weighted by Gasteiger charge is -2.12. The average Bonchev–Trinajstić information content (AvgIpc) is 1.98. The summed E-state index contributed by atoms with van der Waals surface area (Å²) in [5, 5.41) is 0. The van der Waals surface area contributed by atoms with E-state index in [0.717, 1.165) is 4.38 Å².